The predicted octanol–water partition coefficient (Wildman–Crippen LogP) is 3.46. The van der Waals surface area contributed by atoms with E-state index in [4.69, 9.17) is 0 Å². The zero-order valence-corrected chi connectivity index (χ0v) is 14.8. The van der Waals surface area contributed by atoms with Crippen LogP contribution in [0.3, 0.4) is 0 Å². The van der Waals surface area contributed by atoms with Gasteiger partial charge in [0.1, 0.15) is 11.6 Å². The van der Waals surface area contributed by atoms with E-state index in [2.05, 4.69) is 39.7 Å². The summed E-state index contributed by atoms with van der Waals surface area (Å²) in [6, 6.07) is 4.63. The Labute approximate surface area is 147 Å². The monoisotopic (exact) mass is 341 g/mol. The molecule has 1 N–H and O–H groups in total. The summed E-state index contributed by atoms with van der Waals surface area (Å²) in [5.41, 5.74) is 3.84. The van der Waals surface area contributed by atoms with Crippen molar-refractivity contribution >= 4 is 11.0 Å². The first-order valence-corrected chi connectivity index (χ1v) is 8.59. The normalized spacial score (nSPS) is 11.5. The summed E-state index contributed by atoms with van der Waals surface area (Å²) in [6.07, 6.45) is 4.73. The van der Waals surface area contributed by atoms with Crippen molar-refractivity contribution in [3.8, 4) is 0 Å². The molecular weight excluding hydrogens is 317 g/mol. The minimum absolute atomic E-state index is 0.245. The second kappa shape index (κ2) is 7.61. The molecule has 0 bridgehead atoms. The van der Waals surface area contributed by atoms with Crippen LogP contribution < -0.4 is 0 Å². The number of likely N-dealkylation sites (N-methyl/N-ethyl adjacent to an activating group) is 1. The number of fused-ring (bicyclic) bond motifs is 1. The maximum Gasteiger partial charge on any atom is 0.125 e. The summed E-state index contributed by atoms with van der Waals surface area (Å²) in [4.78, 5) is 10.1. The van der Waals surface area contributed by atoms with Crippen molar-refractivity contribution in [1.82, 2.24) is 24.6 Å². The van der Waals surface area contributed by atoms with Crippen molar-refractivity contribution in [3.63, 3.8) is 0 Å². The Balaban J connectivity index is 1.64. The van der Waals surface area contributed by atoms with Crippen LogP contribution in [0.15, 0.2) is 37.1 Å². The van der Waals surface area contributed by atoms with Crippen LogP contribution in [-0.2, 0) is 19.5 Å². The molecule has 2 aromatic heterocycles. The number of allylic oxidation sites excluding steroid dienone is 1. The average Bonchev–Trinajstić information content (AvgIpc) is 3.14. The van der Waals surface area contributed by atoms with E-state index in [1.807, 2.05) is 17.7 Å². The van der Waals surface area contributed by atoms with Gasteiger partial charge in [0.15, 0.2) is 0 Å². The van der Waals surface area contributed by atoms with Crippen molar-refractivity contribution in [2.75, 3.05) is 13.1 Å². The molecule has 0 spiro atoms. The number of hydrogen-bond donors (Lipinski definition) is 1. The Kier molecular flexibility index (Phi) is 5.28. The van der Waals surface area contributed by atoms with Crippen molar-refractivity contribution in [3.05, 3.63) is 59.9 Å². The summed E-state index contributed by atoms with van der Waals surface area (Å²) in [6.45, 7) is 11.3. The van der Waals surface area contributed by atoms with Crippen LogP contribution >= 0.6 is 0 Å². The van der Waals surface area contributed by atoms with Crippen molar-refractivity contribution < 1.29 is 4.39 Å². The highest BCUT2D eigenvalue weighted by Gasteiger charge is 2.11. The molecule has 0 aliphatic heterocycles. The van der Waals surface area contributed by atoms with Gasteiger partial charge < -0.3 is 4.98 Å². The number of halogens is 1. The SMILES string of the molecule is C=CCn1cc(CN(CC)CCc2nc3ccc(F)cc3[nH]2)c(C)n1. The van der Waals surface area contributed by atoms with Gasteiger partial charge in [-0.3, -0.25) is 9.58 Å². The molecule has 0 atom stereocenters. The fourth-order valence-corrected chi connectivity index (χ4v) is 2.95. The van der Waals surface area contributed by atoms with E-state index in [0.29, 0.717) is 0 Å². The molecule has 3 aromatic rings. The molecule has 1 aromatic carbocycles. The van der Waals surface area contributed by atoms with E-state index in [0.717, 1.165) is 55.2 Å². The highest BCUT2D eigenvalue weighted by Crippen LogP contribution is 2.14. The molecule has 6 heteroatoms. The molecule has 0 aliphatic carbocycles. The summed E-state index contributed by atoms with van der Waals surface area (Å²) >= 11 is 0. The standard InChI is InChI=1S/C19H24FN5/c1-4-9-25-13-15(14(3)23-25)12-24(5-2)10-8-19-21-17-7-6-16(20)11-18(17)22-19/h4,6-7,11,13H,1,5,8-10,12H2,2-3H3,(H,21,22). The fourth-order valence-electron chi connectivity index (χ4n) is 2.95. The Morgan fingerprint density at radius 1 is 1.40 bits per heavy atom. The van der Waals surface area contributed by atoms with Crippen molar-refractivity contribution in [1.29, 1.82) is 0 Å². The van der Waals surface area contributed by atoms with E-state index < -0.39 is 0 Å². The summed E-state index contributed by atoms with van der Waals surface area (Å²) in [7, 11) is 0. The lowest BCUT2D eigenvalue weighted by atomic mass is 10.2. The largest absolute Gasteiger partial charge is 0.342 e. The number of rotatable bonds is 8. The lowest BCUT2D eigenvalue weighted by Gasteiger charge is -2.19. The molecule has 0 saturated carbocycles. The lowest BCUT2D eigenvalue weighted by Crippen LogP contribution is -2.25. The number of aryl methyl sites for hydroxylation is 1. The Morgan fingerprint density at radius 2 is 2.24 bits per heavy atom. The molecule has 2 heterocycles. The molecule has 0 fully saturated rings. The Bertz CT molecular complexity index is 864. The molecule has 0 amide bonds. The molecule has 25 heavy (non-hydrogen) atoms. The molecule has 5 nitrogen and oxygen atoms in total. The van der Waals surface area contributed by atoms with E-state index in [1.54, 1.807) is 6.07 Å². The number of imidazole rings is 1. The number of aromatic nitrogens is 4. The number of nitrogens with zero attached hydrogens (tertiary/aromatic N) is 4. The second-order valence-electron chi connectivity index (χ2n) is 6.21. The Hall–Kier alpha value is -2.47. The highest BCUT2D eigenvalue weighted by atomic mass is 19.1. The molecular formula is C19H24FN5. The maximum atomic E-state index is 13.3. The maximum absolute atomic E-state index is 13.3. The smallest absolute Gasteiger partial charge is 0.125 e. The number of benzene rings is 1. The minimum atomic E-state index is -0.245. The van der Waals surface area contributed by atoms with E-state index in [1.165, 1.54) is 17.7 Å². The number of nitrogens with one attached hydrogen (secondary N) is 1. The van der Waals surface area contributed by atoms with Crippen LogP contribution in [0.5, 0.6) is 0 Å². The first-order valence-electron chi connectivity index (χ1n) is 8.59. The molecule has 3 rings (SSSR count). The molecule has 0 unspecified atom stereocenters. The zero-order chi connectivity index (χ0) is 17.8. The third-order valence-corrected chi connectivity index (χ3v) is 4.36. The van der Waals surface area contributed by atoms with Crippen LogP contribution in [0.25, 0.3) is 11.0 Å². The van der Waals surface area contributed by atoms with Gasteiger partial charge in [-0.05, 0) is 31.7 Å². The van der Waals surface area contributed by atoms with Crippen molar-refractivity contribution in [2.45, 2.75) is 33.4 Å². The first-order chi connectivity index (χ1) is 12.1. The van der Waals surface area contributed by atoms with Crippen LogP contribution in [0.2, 0.25) is 0 Å². The minimum Gasteiger partial charge on any atom is -0.342 e. The lowest BCUT2D eigenvalue weighted by molar-refractivity contribution is 0.281. The quantitative estimate of drug-likeness (QED) is 0.638. The molecule has 0 radical (unpaired) electrons. The van der Waals surface area contributed by atoms with Gasteiger partial charge in [-0.15, -0.1) is 6.58 Å². The summed E-state index contributed by atoms with van der Waals surface area (Å²) in [5, 5.41) is 4.51. The van der Waals surface area contributed by atoms with Gasteiger partial charge in [-0.2, -0.15) is 5.10 Å². The van der Waals surface area contributed by atoms with Crippen LogP contribution in [0.1, 0.15) is 24.0 Å². The zero-order valence-electron chi connectivity index (χ0n) is 14.8. The molecule has 0 aliphatic rings. The summed E-state index contributed by atoms with van der Waals surface area (Å²) < 4.78 is 15.2. The number of aromatic amines is 1. The van der Waals surface area contributed by atoms with Gasteiger partial charge in [0.2, 0.25) is 0 Å². The molecule has 132 valence electrons. The van der Waals surface area contributed by atoms with Gasteiger partial charge in [-0.1, -0.05) is 13.0 Å². The van der Waals surface area contributed by atoms with Crippen LogP contribution in [0, 0.1) is 12.7 Å². The fraction of sp³-hybridized carbons (Fsp3) is 0.368. The Morgan fingerprint density at radius 3 is 3.00 bits per heavy atom. The average molecular weight is 341 g/mol. The third kappa shape index (κ3) is 4.14. The summed E-state index contributed by atoms with van der Waals surface area (Å²) in [5.74, 6) is 0.642. The second-order valence-corrected chi connectivity index (χ2v) is 6.21. The van der Waals surface area contributed by atoms with Gasteiger partial charge in [0.25, 0.3) is 0 Å². The van der Waals surface area contributed by atoms with Gasteiger partial charge in [0.05, 0.1) is 23.3 Å². The van der Waals surface area contributed by atoms with Crippen LogP contribution in [0.4, 0.5) is 4.39 Å². The van der Waals surface area contributed by atoms with Gasteiger partial charge in [-0.25, -0.2) is 9.37 Å². The molecule has 0 saturated heterocycles. The van der Waals surface area contributed by atoms with E-state index in [9.17, 15) is 4.39 Å². The highest BCUT2D eigenvalue weighted by molar-refractivity contribution is 5.74. The topological polar surface area (TPSA) is 49.7 Å². The van der Waals surface area contributed by atoms with Crippen LogP contribution in [-0.4, -0.2) is 37.7 Å². The third-order valence-electron chi connectivity index (χ3n) is 4.36. The number of hydrogen-bond acceptors (Lipinski definition) is 3. The predicted molar refractivity (Wildman–Crippen MR) is 97.9 cm³/mol. The van der Waals surface area contributed by atoms with Crippen molar-refractivity contribution in [2.24, 2.45) is 0 Å². The number of H-pyrrole nitrogens is 1. The van der Waals surface area contributed by atoms with E-state index in [-0.39, 0.29) is 5.82 Å². The van der Waals surface area contributed by atoms with E-state index >= 15 is 0 Å². The first kappa shape index (κ1) is 17.4. The van der Waals surface area contributed by atoms with Gasteiger partial charge in [0, 0.05) is 31.3 Å². The van der Waals surface area contributed by atoms with Gasteiger partial charge >= 0.3 is 0 Å².